The standard InChI is InChI=1S/C11H23B2O7PS/c1-17-6-2-10(12)20-8(6)5-18-21(15,16)22-9-3-11(13)19-7(9)4-14/h6-11,14H,2-5,12-13H2,1H3,(H,15,16)/t6?,7-,8-,9?,10-,11-/m1/s1. The molecular formula is C11H23B2O7PS. The molecule has 7 nitrogen and oxygen atoms in total. The Kier molecular flexibility index (Phi) is 6.86. The molecule has 2 rings (SSSR count). The normalized spacial score (nSPS) is 41.6. The lowest BCUT2D eigenvalue weighted by molar-refractivity contribution is -0.0156. The van der Waals surface area contributed by atoms with E-state index in [1.165, 1.54) is 0 Å². The summed E-state index contributed by atoms with van der Waals surface area (Å²) in [6.07, 6.45) is 0.460. The summed E-state index contributed by atoms with van der Waals surface area (Å²) in [5.41, 5.74) is 0. The number of aliphatic hydroxyl groups excluding tert-OH is 1. The molecule has 0 aliphatic carbocycles. The highest BCUT2D eigenvalue weighted by Crippen LogP contribution is 2.60. The molecule has 0 amide bonds. The van der Waals surface area contributed by atoms with Crippen molar-refractivity contribution in [2.45, 2.75) is 48.4 Å². The zero-order valence-electron chi connectivity index (χ0n) is 13.1. The van der Waals surface area contributed by atoms with E-state index in [0.29, 0.717) is 6.42 Å². The Hall–Kier alpha value is 0.470. The van der Waals surface area contributed by atoms with Gasteiger partial charge in [0.2, 0.25) is 0 Å². The molecule has 22 heavy (non-hydrogen) atoms. The van der Waals surface area contributed by atoms with Crippen molar-refractivity contribution < 1.29 is 33.3 Å². The molecule has 0 bridgehead atoms. The van der Waals surface area contributed by atoms with Gasteiger partial charge in [0.1, 0.15) is 21.8 Å². The summed E-state index contributed by atoms with van der Waals surface area (Å²) in [5.74, 6) is 0. The van der Waals surface area contributed by atoms with Crippen LogP contribution in [0, 0.1) is 0 Å². The van der Waals surface area contributed by atoms with Gasteiger partial charge >= 0.3 is 6.80 Å². The molecule has 0 aromatic carbocycles. The van der Waals surface area contributed by atoms with Gasteiger partial charge in [-0.1, -0.05) is 0 Å². The lowest BCUT2D eigenvalue weighted by Crippen LogP contribution is -2.28. The maximum atomic E-state index is 12.2. The van der Waals surface area contributed by atoms with E-state index in [9.17, 15) is 14.6 Å². The number of hydrogen-bond donors (Lipinski definition) is 2. The van der Waals surface area contributed by atoms with E-state index in [2.05, 4.69) is 0 Å². The third-order valence-corrected chi connectivity index (χ3v) is 7.36. The average Bonchev–Trinajstić information content (AvgIpc) is 2.98. The molecule has 2 N–H and O–H groups in total. The van der Waals surface area contributed by atoms with Gasteiger partial charge in [0.25, 0.3) is 0 Å². The van der Waals surface area contributed by atoms with Gasteiger partial charge in [-0.05, 0) is 24.2 Å². The molecule has 0 radical (unpaired) electrons. The minimum Gasteiger partial charge on any atom is -0.394 e. The van der Waals surface area contributed by atoms with Crippen LogP contribution < -0.4 is 0 Å². The number of hydrogen-bond acceptors (Lipinski definition) is 7. The van der Waals surface area contributed by atoms with Crippen molar-refractivity contribution >= 4 is 33.9 Å². The van der Waals surface area contributed by atoms with Crippen LogP contribution in [0.4, 0.5) is 0 Å². The van der Waals surface area contributed by atoms with Crippen LogP contribution in [0.2, 0.25) is 0 Å². The zero-order chi connectivity index (χ0) is 16.3. The van der Waals surface area contributed by atoms with Gasteiger partial charge in [-0.2, -0.15) is 0 Å². The van der Waals surface area contributed by atoms with Crippen LogP contribution >= 0.6 is 18.2 Å². The van der Waals surface area contributed by atoms with E-state index in [0.717, 1.165) is 17.8 Å². The summed E-state index contributed by atoms with van der Waals surface area (Å²) < 4.78 is 33.9. The first-order valence-electron chi connectivity index (χ1n) is 7.45. The Morgan fingerprint density at radius 1 is 1.27 bits per heavy atom. The predicted octanol–water partition coefficient (Wildman–Crippen LogP) is -1.29. The van der Waals surface area contributed by atoms with Crippen LogP contribution in [0.15, 0.2) is 0 Å². The molecule has 2 fully saturated rings. The zero-order valence-corrected chi connectivity index (χ0v) is 14.8. The van der Waals surface area contributed by atoms with Crippen LogP contribution in [0.3, 0.4) is 0 Å². The third kappa shape index (κ3) is 4.98. The minimum atomic E-state index is -3.84. The highest BCUT2D eigenvalue weighted by Gasteiger charge is 2.40. The van der Waals surface area contributed by atoms with E-state index in [-0.39, 0.29) is 42.7 Å². The van der Waals surface area contributed by atoms with E-state index >= 15 is 0 Å². The van der Waals surface area contributed by atoms with E-state index in [1.54, 1.807) is 7.11 Å². The Morgan fingerprint density at radius 3 is 2.55 bits per heavy atom. The molecular weight excluding hydrogens is 329 g/mol. The predicted molar refractivity (Wildman–Crippen MR) is 88.7 cm³/mol. The van der Waals surface area contributed by atoms with Crippen LogP contribution in [0.25, 0.3) is 0 Å². The van der Waals surface area contributed by atoms with Crippen molar-refractivity contribution in [1.29, 1.82) is 0 Å². The lowest BCUT2D eigenvalue weighted by atomic mass is 9.96. The highest BCUT2D eigenvalue weighted by molar-refractivity contribution is 8.55. The molecule has 0 saturated carbocycles. The summed E-state index contributed by atoms with van der Waals surface area (Å²) in [5, 5.41) is 9.01. The van der Waals surface area contributed by atoms with Crippen molar-refractivity contribution in [3.63, 3.8) is 0 Å². The molecule has 11 heteroatoms. The van der Waals surface area contributed by atoms with Crippen molar-refractivity contribution in [1.82, 2.24) is 0 Å². The second kappa shape index (κ2) is 8.03. The van der Waals surface area contributed by atoms with Gasteiger partial charge in [0.15, 0.2) is 0 Å². The monoisotopic (exact) mass is 352 g/mol. The number of ether oxygens (including phenoxy) is 3. The van der Waals surface area contributed by atoms with Crippen molar-refractivity contribution in [3.05, 3.63) is 0 Å². The number of rotatable bonds is 7. The topological polar surface area (TPSA) is 94.5 Å². The molecule has 7 atom stereocenters. The van der Waals surface area contributed by atoms with E-state index in [1.807, 2.05) is 15.7 Å². The van der Waals surface area contributed by atoms with Gasteiger partial charge in [-0.15, -0.1) is 0 Å². The second-order valence-electron chi connectivity index (χ2n) is 5.81. The number of aliphatic hydroxyl groups is 1. The summed E-state index contributed by atoms with van der Waals surface area (Å²) in [6, 6.07) is 0.0127. The molecule has 2 saturated heterocycles. The van der Waals surface area contributed by atoms with Crippen LogP contribution in [-0.2, 0) is 23.3 Å². The largest absolute Gasteiger partial charge is 0.394 e. The van der Waals surface area contributed by atoms with Crippen molar-refractivity contribution in [2.24, 2.45) is 0 Å². The summed E-state index contributed by atoms with van der Waals surface area (Å²) in [4.78, 5) is 10.0. The summed E-state index contributed by atoms with van der Waals surface area (Å²) >= 11 is 0.846. The molecule has 0 aromatic heterocycles. The van der Waals surface area contributed by atoms with Gasteiger partial charge in [0.05, 0.1) is 25.4 Å². The van der Waals surface area contributed by atoms with Gasteiger partial charge in [-0.25, -0.2) is 4.57 Å². The third-order valence-electron chi connectivity index (χ3n) is 3.93. The Labute approximate surface area is 136 Å². The maximum absolute atomic E-state index is 12.2. The maximum Gasteiger partial charge on any atom is 0.387 e. The summed E-state index contributed by atoms with van der Waals surface area (Å²) in [7, 11) is 5.40. The smallest absolute Gasteiger partial charge is 0.387 e. The molecule has 0 aromatic rings. The molecule has 2 aliphatic rings. The van der Waals surface area contributed by atoms with Crippen molar-refractivity contribution in [3.8, 4) is 0 Å². The Bertz CT molecular complexity index is 418. The first-order chi connectivity index (χ1) is 10.3. The SMILES string of the molecule is B[C@H]1CC(OC)[C@@H](COP(=O)(O)SC2C[C@H](B)O[C@@H]2CO)O1. The lowest BCUT2D eigenvalue weighted by Gasteiger charge is -2.22. The summed E-state index contributed by atoms with van der Waals surface area (Å²) in [6.45, 7) is -4.00. The highest BCUT2D eigenvalue weighted by atomic mass is 32.7. The molecule has 126 valence electrons. The van der Waals surface area contributed by atoms with Crippen LogP contribution in [0.1, 0.15) is 12.8 Å². The second-order valence-corrected chi connectivity index (χ2v) is 9.84. The fourth-order valence-electron chi connectivity index (χ4n) is 2.88. The molecule has 0 spiro atoms. The van der Waals surface area contributed by atoms with E-state index < -0.39 is 12.9 Å². The Morgan fingerprint density at radius 2 is 1.91 bits per heavy atom. The first-order valence-corrected chi connectivity index (χ1v) is 10.5. The average molecular weight is 352 g/mol. The number of methoxy groups -OCH3 is 1. The van der Waals surface area contributed by atoms with Gasteiger partial charge in [0, 0.05) is 24.4 Å². The first kappa shape index (κ1) is 18.8. The van der Waals surface area contributed by atoms with Crippen LogP contribution in [-0.4, -0.2) is 81.6 Å². The minimum absolute atomic E-state index is 0.0105. The van der Waals surface area contributed by atoms with Crippen LogP contribution in [0.5, 0.6) is 0 Å². The molecule has 2 heterocycles. The van der Waals surface area contributed by atoms with Gasteiger partial charge < -0.3 is 24.2 Å². The fraction of sp³-hybridized carbons (Fsp3) is 1.00. The quantitative estimate of drug-likeness (QED) is 0.432. The van der Waals surface area contributed by atoms with E-state index in [4.69, 9.17) is 18.7 Å². The molecule has 2 aliphatic heterocycles. The van der Waals surface area contributed by atoms with Crippen molar-refractivity contribution in [2.75, 3.05) is 20.3 Å². The molecule has 3 unspecified atom stereocenters. The Balaban J connectivity index is 1.84. The fourth-order valence-corrected chi connectivity index (χ4v) is 6.31. The van der Waals surface area contributed by atoms with Gasteiger partial charge in [-0.3, -0.25) is 4.52 Å².